The Morgan fingerprint density at radius 2 is 1.77 bits per heavy atom. The van der Waals surface area contributed by atoms with Gasteiger partial charge in [0, 0.05) is 37.1 Å². The summed E-state index contributed by atoms with van der Waals surface area (Å²) in [6.45, 7) is 1.99. The minimum absolute atomic E-state index is 0.278. The predicted molar refractivity (Wildman–Crippen MR) is 161 cm³/mol. The number of carbonyl (C=O) groups is 2. The summed E-state index contributed by atoms with van der Waals surface area (Å²) in [5.41, 5.74) is 7.02. The molecule has 1 heterocycles. The largest absolute Gasteiger partial charge is 0.497 e. The number of halogens is 2. The van der Waals surface area contributed by atoms with Crippen LogP contribution < -0.4 is 14.9 Å². The molecule has 1 amide bonds. The predicted octanol–water partition coefficient (Wildman–Crippen LogP) is 7.55. The molecule has 4 aromatic carbocycles. The average Bonchev–Trinajstić information content (AvgIpc) is 3.33. The zero-order chi connectivity index (χ0) is 28.2. The van der Waals surface area contributed by atoms with Crippen molar-refractivity contribution in [2.75, 3.05) is 7.11 Å². The molecule has 1 aromatic heterocycles. The molecule has 0 saturated heterocycles. The maximum atomic E-state index is 13.4. The number of methoxy groups -OCH3 is 1. The molecule has 7 nitrogen and oxygen atoms in total. The number of esters is 1. The number of hydrogen-bond donors (Lipinski definition) is 2. The van der Waals surface area contributed by atoms with Crippen molar-refractivity contribution in [1.82, 2.24) is 10.4 Å². The summed E-state index contributed by atoms with van der Waals surface area (Å²) < 4.78 is 11.5. The maximum absolute atomic E-state index is 13.4. The molecule has 40 heavy (non-hydrogen) atoms. The number of nitrogens with one attached hydrogen (secondary N) is 2. The van der Waals surface area contributed by atoms with Crippen molar-refractivity contribution in [3.63, 3.8) is 0 Å². The minimum atomic E-state index is -0.540. The minimum Gasteiger partial charge on any atom is -0.497 e. The first kappa shape index (κ1) is 27.2. The third-order valence-corrected chi connectivity index (χ3v) is 7.02. The number of H-pyrrole nitrogens is 1. The second-order valence-corrected chi connectivity index (χ2v) is 10.2. The fourth-order valence-electron chi connectivity index (χ4n) is 4.24. The van der Waals surface area contributed by atoms with Crippen molar-refractivity contribution >= 4 is 56.5 Å². The first-order chi connectivity index (χ1) is 19.3. The third kappa shape index (κ3) is 5.78. The van der Waals surface area contributed by atoms with Crippen molar-refractivity contribution in [2.45, 2.75) is 6.92 Å². The van der Waals surface area contributed by atoms with Crippen molar-refractivity contribution < 1.29 is 19.1 Å². The normalized spacial score (nSPS) is 11.1. The zero-order valence-electron chi connectivity index (χ0n) is 21.5. The van der Waals surface area contributed by atoms with Gasteiger partial charge in [-0.3, -0.25) is 4.79 Å². The molecular weight excluding hydrogens is 594 g/mol. The first-order valence-electron chi connectivity index (χ1n) is 12.2. The van der Waals surface area contributed by atoms with Gasteiger partial charge in [-0.05, 0) is 67.6 Å². The number of rotatable bonds is 7. The molecule has 0 aliphatic heterocycles. The van der Waals surface area contributed by atoms with Gasteiger partial charge in [-0.1, -0.05) is 57.4 Å². The lowest BCUT2D eigenvalue weighted by Gasteiger charge is -2.09. The van der Waals surface area contributed by atoms with E-state index >= 15 is 0 Å². The van der Waals surface area contributed by atoms with Crippen molar-refractivity contribution in [1.29, 1.82) is 0 Å². The monoisotopic (exact) mass is 615 g/mol. The van der Waals surface area contributed by atoms with E-state index < -0.39 is 11.9 Å². The van der Waals surface area contributed by atoms with Crippen LogP contribution in [0.15, 0.2) is 94.5 Å². The van der Waals surface area contributed by atoms with E-state index in [1.165, 1.54) is 6.21 Å². The Morgan fingerprint density at radius 3 is 2.52 bits per heavy atom. The number of benzene rings is 4. The van der Waals surface area contributed by atoms with Crippen LogP contribution in [0.1, 0.15) is 32.0 Å². The number of aromatic amines is 1. The number of hydrazone groups is 1. The van der Waals surface area contributed by atoms with E-state index in [9.17, 15) is 9.59 Å². The summed E-state index contributed by atoms with van der Waals surface area (Å²) in [6.07, 6.45) is 1.42. The fourth-order valence-corrected chi connectivity index (χ4v) is 4.84. The van der Waals surface area contributed by atoms with Crippen molar-refractivity contribution in [3.8, 4) is 22.6 Å². The summed E-state index contributed by atoms with van der Waals surface area (Å²) in [5, 5.41) is 5.57. The fraction of sp³-hybridized carbons (Fsp3) is 0.0645. The molecule has 0 unspecified atom stereocenters. The average molecular weight is 617 g/mol. The Bertz CT molecular complexity index is 1760. The third-order valence-electron chi connectivity index (χ3n) is 6.19. The van der Waals surface area contributed by atoms with Gasteiger partial charge in [-0.2, -0.15) is 5.10 Å². The highest BCUT2D eigenvalue weighted by molar-refractivity contribution is 9.10. The molecule has 5 aromatic rings. The lowest BCUT2D eigenvalue weighted by Crippen LogP contribution is -2.19. The Balaban J connectivity index is 1.41. The summed E-state index contributed by atoms with van der Waals surface area (Å²) in [5.74, 6) is -0.0837. The van der Waals surface area contributed by atoms with Gasteiger partial charge in [-0.15, -0.1) is 0 Å². The van der Waals surface area contributed by atoms with Crippen LogP contribution in [0.25, 0.3) is 22.0 Å². The summed E-state index contributed by atoms with van der Waals surface area (Å²) in [7, 11) is 1.55. The summed E-state index contributed by atoms with van der Waals surface area (Å²) in [4.78, 5) is 29.3. The highest BCUT2D eigenvalue weighted by Gasteiger charge is 2.21. The van der Waals surface area contributed by atoms with Gasteiger partial charge >= 0.3 is 5.97 Å². The number of carbonyl (C=O) groups excluding carboxylic acids is 2. The van der Waals surface area contributed by atoms with Gasteiger partial charge in [0.15, 0.2) is 0 Å². The first-order valence-corrected chi connectivity index (χ1v) is 13.4. The molecule has 0 radical (unpaired) electrons. The van der Waals surface area contributed by atoms with Crippen LogP contribution in [0.4, 0.5) is 0 Å². The van der Waals surface area contributed by atoms with Crippen LogP contribution in [0.3, 0.4) is 0 Å². The molecule has 0 saturated carbocycles. The van der Waals surface area contributed by atoms with E-state index in [1.54, 1.807) is 55.6 Å². The number of nitrogens with zero attached hydrogens (tertiary/aromatic N) is 1. The van der Waals surface area contributed by atoms with Gasteiger partial charge in [0.1, 0.15) is 17.2 Å². The molecule has 0 bridgehead atoms. The van der Waals surface area contributed by atoms with E-state index in [-0.39, 0.29) is 5.75 Å². The number of aromatic nitrogens is 1. The quantitative estimate of drug-likeness (QED) is 0.0855. The molecule has 9 heteroatoms. The molecule has 0 fully saturated rings. The Labute approximate surface area is 243 Å². The van der Waals surface area contributed by atoms with E-state index in [4.69, 9.17) is 21.1 Å². The van der Waals surface area contributed by atoms with Crippen molar-refractivity contribution in [3.05, 3.63) is 117 Å². The maximum Gasteiger partial charge on any atom is 0.343 e. The molecule has 0 atom stereocenters. The summed E-state index contributed by atoms with van der Waals surface area (Å²) in [6, 6.07) is 25.0. The van der Waals surface area contributed by atoms with Crippen LogP contribution in [-0.2, 0) is 0 Å². The van der Waals surface area contributed by atoms with E-state index in [1.807, 2.05) is 43.3 Å². The molecule has 0 aliphatic rings. The highest BCUT2D eigenvalue weighted by Crippen LogP contribution is 2.37. The van der Waals surface area contributed by atoms with E-state index in [2.05, 4.69) is 31.4 Å². The Kier molecular flexibility index (Phi) is 8.00. The Morgan fingerprint density at radius 1 is 1.00 bits per heavy atom. The Hall–Kier alpha value is -4.40. The summed E-state index contributed by atoms with van der Waals surface area (Å²) >= 11 is 9.95. The van der Waals surface area contributed by atoms with Crippen LogP contribution in [0.5, 0.6) is 11.5 Å². The SMILES string of the molecule is COc1ccc(C(=O)Oc2ccc(Br)cc2C=NNC(=O)c2[nH]c3ccc(C)cc3c2-c2ccccc2Cl)cc1. The molecular formula is C31H23BrClN3O4. The molecule has 2 N–H and O–H groups in total. The lowest BCUT2D eigenvalue weighted by molar-refractivity contribution is 0.0734. The van der Waals surface area contributed by atoms with Gasteiger partial charge in [0.25, 0.3) is 5.91 Å². The van der Waals surface area contributed by atoms with Gasteiger partial charge in [-0.25, -0.2) is 10.2 Å². The number of hydrogen-bond acceptors (Lipinski definition) is 5. The zero-order valence-corrected chi connectivity index (χ0v) is 23.8. The number of ether oxygens (including phenoxy) is 2. The van der Waals surface area contributed by atoms with Gasteiger partial charge < -0.3 is 14.5 Å². The van der Waals surface area contributed by atoms with E-state index in [0.29, 0.717) is 33.2 Å². The second kappa shape index (κ2) is 11.8. The number of amides is 1. The smallest absolute Gasteiger partial charge is 0.343 e. The van der Waals surface area contributed by atoms with Crippen LogP contribution in [0, 0.1) is 6.92 Å². The van der Waals surface area contributed by atoms with Crippen LogP contribution in [-0.4, -0.2) is 30.2 Å². The van der Waals surface area contributed by atoms with E-state index in [0.717, 1.165) is 26.5 Å². The van der Waals surface area contributed by atoms with Crippen LogP contribution >= 0.6 is 27.5 Å². The van der Waals surface area contributed by atoms with Gasteiger partial charge in [0.05, 0.1) is 18.9 Å². The number of fused-ring (bicyclic) bond motifs is 1. The lowest BCUT2D eigenvalue weighted by atomic mass is 10.0. The molecule has 5 rings (SSSR count). The molecule has 0 spiro atoms. The topological polar surface area (TPSA) is 92.8 Å². The van der Waals surface area contributed by atoms with Crippen molar-refractivity contribution in [2.24, 2.45) is 5.10 Å². The van der Waals surface area contributed by atoms with Crippen LogP contribution in [0.2, 0.25) is 5.02 Å². The number of aryl methyl sites for hydroxylation is 1. The second-order valence-electron chi connectivity index (χ2n) is 8.90. The molecule has 0 aliphatic carbocycles. The molecule has 200 valence electrons. The van der Waals surface area contributed by atoms with Gasteiger partial charge in [0.2, 0.25) is 0 Å². The highest BCUT2D eigenvalue weighted by atomic mass is 79.9. The standard InChI is InChI=1S/C31H23BrClN3O4/c1-18-7-13-26-24(15-18)28(23-5-3-4-6-25(23)33)29(35-26)30(37)36-34-17-20-16-21(32)10-14-27(20)40-31(38)19-8-11-22(39-2)12-9-19/h3-17,35H,1-2H3,(H,36,37).